The second kappa shape index (κ2) is 11.8. The van der Waals surface area contributed by atoms with Crippen molar-refractivity contribution in [2.75, 3.05) is 0 Å². The first-order valence-electron chi connectivity index (χ1n) is 13.5. The zero-order chi connectivity index (χ0) is 27.3. The Morgan fingerprint density at radius 2 is 1.76 bits per heavy atom. The van der Waals surface area contributed by atoms with Crippen molar-refractivity contribution in [1.82, 2.24) is 5.32 Å². The number of nitrogens with one attached hydrogen (secondary N) is 1. The number of carbonyl (C=O) groups is 2. The molecule has 1 aliphatic rings. The summed E-state index contributed by atoms with van der Waals surface area (Å²) >= 11 is 0. The Morgan fingerprint density at radius 3 is 2.47 bits per heavy atom. The molecule has 0 spiro atoms. The van der Waals surface area contributed by atoms with Gasteiger partial charge in [-0.05, 0) is 75.6 Å². The molecular weight excluding hydrogens is 482 g/mol. The number of benzene rings is 2. The van der Waals surface area contributed by atoms with Crippen LogP contribution >= 0.6 is 0 Å². The first kappa shape index (κ1) is 27.4. The van der Waals surface area contributed by atoms with Crippen molar-refractivity contribution in [3.8, 4) is 5.75 Å². The lowest BCUT2D eigenvalue weighted by Gasteiger charge is -2.23. The molecule has 0 fully saturated rings. The van der Waals surface area contributed by atoms with Crippen molar-refractivity contribution in [2.45, 2.75) is 90.7 Å². The van der Waals surface area contributed by atoms with Crippen LogP contribution in [-0.2, 0) is 28.8 Å². The molecule has 7 nitrogen and oxygen atoms in total. The third-order valence-corrected chi connectivity index (χ3v) is 6.69. The number of carbonyl (C=O) groups excluding carboxylic acids is 2. The summed E-state index contributed by atoms with van der Waals surface area (Å²) < 4.78 is 17.0. The molecule has 1 aromatic heterocycles. The van der Waals surface area contributed by atoms with Crippen LogP contribution in [0.1, 0.15) is 88.1 Å². The van der Waals surface area contributed by atoms with Crippen LogP contribution in [-0.4, -0.2) is 17.7 Å². The summed E-state index contributed by atoms with van der Waals surface area (Å²) in [6.45, 7) is 7.43. The van der Waals surface area contributed by atoms with Crippen molar-refractivity contribution < 1.29 is 23.5 Å². The fraction of sp³-hybridized carbons (Fsp3) is 0.452. The van der Waals surface area contributed by atoms with E-state index in [1.165, 1.54) is 0 Å². The molecule has 0 aliphatic heterocycles. The van der Waals surface area contributed by atoms with Gasteiger partial charge in [-0.1, -0.05) is 56.5 Å². The monoisotopic (exact) mass is 519 g/mol. The number of rotatable bonds is 9. The molecule has 0 radical (unpaired) electrons. The second-order valence-electron chi connectivity index (χ2n) is 10.9. The predicted octanol–water partition coefficient (Wildman–Crippen LogP) is 6.58. The van der Waals surface area contributed by atoms with Crippen LogP contribution in [0.5, 0.6) is 5.75 Å². The number of alkyl carbamates (subject to hydrolysis) is 1. The Balaban J connectivity index is 1.69. The Bertz CT molecular complexity index is 1350. The lowest BCUT2D eigenvalue weighted by molar-refractivity contribution is -0.137. The van der Waals surface area contributed by atoms with Crippen molar-refractivity contribution >= 4 is 23.0 Å². The van der Waals surface area contributed by atoms with Crippen molar-refractivity contribution in [3.05, 3.63) is 75.1 Å². The van der Waals surface area contributed by atoms with Crippen LogP contribution < -0.4 is 15.7 Å². The topological polar surface area (TPSA) is 94.8 Å². The highest BCUT2D eigenvalue weighted by Gasteiger charge is 2.29. The average Bonchev–Trinajstić information content (AvgIpc) is 3.36. The minimum absolute atomic E-state index is 0.327. The Kier molecular flexibility index (Phi) is 8.55. The fourth-order valence-electron chi connectivity index (χ4n) is 4.90. The van der Waals surface area contributed by atoms with Gasteiger partial charge in [-0.3, -0.25) is 0 Å². The normalized spacial score (nSPS) is 13.7. The molecule has 1 N–H and O–H groups in total. The van der Waals surface area contributed by atoms with E-state index in [1.54, 1.807) is 51.1 Å². The van der Waals surface area contributed by atoms with Gasteiger partial charge in [-0.25, -0.2) is 14.4 Å². The maximum atomic E-state index is 13.5. The molecule has 7 heteroatoms. The summed E-state index contributed by atoms with van der Waals surface area (Å²) in [6, 6.07) is 11.5. The molecule has 1 amide bonds. The van der Waals surface area contributed by atoms with Gasteiger partial charge in [0.15, 0.2) is 6.04 Å². The van der Waals surface area contributed by atoms with Gasteiger partial charge in [0.2, 0.25) is 0 Å². The molecule has 0 unspecified atom stereocenters. The first-order chi connectivity index (χ1) is 18.2. The van der Waals surface area contributed by atoms with Crippen LogP contribution in [0.4, 0.5) is 4.79 Å². The third-order valence-electron chi connectivity index (χ3n) is 6.69. The number of amides is 1. The van der Waals surface area contributed by atoms with Gasteiger partial charge in [0.1, 0.15) is 16.9 Å². The number of hydrogen-bond acceptors (Lipinski definition) is 6. The summed E-state index contributed by atoms with van der Waals surface area (Å²) in [5, 5.41) is 3.57. The molecule has 38 heavy (non-hydrogen) atoms. The van der Waals surface area contributed by atoms with Crippen molar-refractivity contribution in [1.29, 1.82) is 0 Å². The number of ether oxygens (including phenoxy) is 2. The minimum Gasteiger partial charge on any atom is -0.444 e. The van der Waals surface area contributed by atoms with Gasteiger partial charge in [-0.2, -0.15) is 0 Å². The molecule has 202 valence electrons. The molecule has 1 aliphatic carbocycles. The molecule has 0 saturated carbocycles. The standard InChI is InChI=1S/C31H37NO6/c1-5-6-7-9-15-21-18-24-22-16-12-17-23(22)28(33)37-26(24)19-25(21)36-29(34)27(20-13-10-8-11-14-20)32-30(35)38-31(2,3)4/h8,10-11,13-14,18-19,27H,5-7,9,12,15-17H2,1-4H3,(H,32,35)/t27-/m1/s1. The molecular formula is C31H37NO6. The number of hydrogen-bond donors (Lipinski definition) is 1. The lowest BCUT2D eigenvalue weighted by atomic mass is 9.99. The van der Waals surface area contributed by atoms with Crippen molar-refractivity contribution in [2.24, 2.45) is 0 Å². The Labute approximate surface area is 223 Å². The maximum Gasteiger partial charge on any atom is 0.408 e. The molecule has 0 bridgehead atoms. The fourth-order valence-corrected chi connectivity index (χ4v) is 4.90. The van der Waals surface area contributed by atoms with E-state index in [9.17, 15) is 14.4 Å². The van der Waals surface area contributed by atoms with Crippen LogP contribution in [0.2, 0.25) is 0 Å². The summed E-state index contributed by atoms with van der Waals surface area (Å²) in [5.74, 6) is -0.313. The van der Waals surface area contributed by atoms with E-state index in [0.717, 1.165) is 73.4 Å². The van der Waals surface area contributed by atoms with Crippen molar-refractivity contribution in [3.63, 3.8) is 0 Å². The summed E-state index contributed by atoms with van der Waals surface area (Å²) in [4.78, 5) is 38.7. The summed E-state index contributed by atoms with van der Waals surface area (Å²) in [6.07, 6.45) is 6.75. The van der Waals surface area contributed by atoms with E-state index < -0.39 is 23.7 Å². The predicted molar refractivity (Wildman–Crippen MR) is 147 cm³/mol. The molecule has 0 saturated heterocycles. The van der Waals surface area contributed by atoms with Crippen LogP contribution in [0.15, 0.2) is 51.7 Å². The number of aryl methyl sites for hydroxylation is 2. The zero-order valence-electron chi connectivity index (χ0n) is 22.7. The molecule has 3 aromatic rings. The number of esters is 1. The van der Waals surface area contributed by atoms with Crippen LogP contribution in [0.25, 0.3) is 11.0 Å². The Hall–Kier alpha value is -3.61. The van der Waals surface area contributed by atoms with E-state index in [0.29, 0.717) is 16.9 Å². The highest BCUT2D eigenvalue weighted by molar-refractivity contribution is 5.88. The second-order valence-corrected chi connectivity index (χ2v) is 10.9. The maximum absolute atomic E-state index is 13.5. The highest BCUT2D eigenvalue weighted by atomic mass is 16.6. The van der Waals surface area contributed by atoms with Crippen LogP contribution in [0, 0.1) is 0 Å². The summed E-state index contributed by atoms with van der Waals surface area (Å²) in [7, 11) is 0. The van der Waals surface area contributed by atoms with Gasteiger partial charge in [0.05, 0.1) is 0 Å². The number of fused-ring (bicyclic) bond motifs is 3. The third kappa shape index (κ3) is 6.63. The van der Waals surface area contributed by atoms with E-state index in [1.807, 2.05) is 12.1 Å². The SMILES string of the molecule is CCCCCCc1cc2c3c(c(=O)oc2cc1OC(=O)[C@H](NC(=O)OC(C)(C)C)c1ccccc1)CCC3. The van der Waals surface area contributed by atoms with Gasteiger partial charge >= 0.3 is 17.7 Å². The smallest absolute Gasteiger partial charge is 0.408 e. The number of unbranched alkanes of at least 4 members (excludes halogenated alkanes) is 3. The van der Waals surface area contributed by atoms with E-state index in [-0.39, 0.29) is 5.63 Å². The van der Waals surface area contributed by atoms with Gasteiger partial charge in [0.25, 0.3) is 0 Å². The van der Waals surface area contributed by atoms with Gasteiger partial charge in [0, 0.05) is 17.0 Å². The highest BCUT2D eigenvalue weighted by Crippen LogP contribution is 2.34. The van der Waals surface area contributed by atoms with Gasteiger partial charge < -0.3 is 19.2 Å². The minimum atomic E-state index is -1.08. The molecule has 1 atom stereocenters. The molecule has 2 aromatic carbocycles. The largest absolute Gasteiger partial charge is 0.444 e. The van der Waals surface area contributed by atoms with E-state index >= 15 is 0 Å². The molecule has 1 heterocycles. The summed E-state index contributed by atoms with van der Waals surface area (Å²) in [5.41, 5.74) is 2.60. The van der Waals surface area contributed by atoms with E-state index in [4.69, 9.17) is 13.9 Å². The Morgan fingerprint density at radius 1 is 1.03 bits per heavy atom. The molecule has 4 rings (SSSR count). The quantitative estimate of drug-likeness (QED) is 0.149. The first-order valence-corrected chi connectivity index (χ1v) is 13.5. The van der Waals surface area contributed by atoms with Gasteiger partial charge in [-0.15, -0.1) is 0 Å². The van der Waals surface area contributed by atoms with E-state index in [2.05, 4.69) is 12.2 Å². The average molecular weight is 520 g/mol. The lowest BCUT2D eigenvalue weighted by Crippen LogP contribution is -2.39. The van der Waals surface area contributed by atoms with Crippen LogP contribution in [0.3, 0.4) is 0 Å². The zero-order valence-corrected chi connectivity index (χ0v) is 22.7.